The average Bonchev–Trinajstić information content (AvgIpc) is 2.65. The fourth-order valence-corrected chi connectivity index (χ4v) is 1.80. The van der Waals surface area contributed by atoms with Crippen molar-refractivity contribution in [2.75, 3.05) is 13.2 Å². The van der Waals surface area contributed by atoms with Gasteiger partial charge in [-0.2, -0.15) is 0 Å². The van der Waals surface area contributed by atoms with E-state index in [4.69, 9.17) is 0 Å². The second kappa shape index (κ2) is 5.01. The second-order valence-corrected chi connectivity index (χ2v) is 3.89. The minimum atomic E-state index is -1.04. The third kappa shape index (κ3) is 2.24. The Morgan fingerprint density at radius 1 is 1.11 bits per heavy atom. The quantitative estimate of drug-likeness (QED) is 0.445. The molecule has 0 aliphatic carbocycles. The third-order valence-corrected chi connectivity index (χ3v) is 2.68. The van der Waals surface area contributed by atoms with Crippen molar-refractivity contribution in [3.05, 3.63) is 35.4 Å². The van der Waals surface area contributed by atoms with Gasteiger partial charge >= 0.3 is 5.97 Å². The van der Waals surface area contributed by atoms with Crippen LogP contribution in [0.1, 0.15) is 27.6 Å². The highest BCUT2D eigenvalue weighted by atomic mass is 16.5. The molecule has 19 heavy (non-hydrogen) atoms. The van der Waals surface area contributed by atoms with Gasteiger partial charge in [-0.15, -0.1) is 0 Å². The monoisotopic (exact) mass is 261 g/mol. The first-order valence-corrected chi connectivity index (χ1v) is 5.71. The van der Waals surface area contributed by atoms with Gasteiger partial charge in [0.1, 0.15) is 0 Å². The Bertz CT molecular complexity index is 543. The summed E-state index contributed by atoms with van der Waals surface area (Å²) < 4.78 is 4.52. The zero-order valence-corrected chi connectivity index (χ0v) is 10.2. The number of ketones is 1. The molecular formula is C13H11NO5. The van der Waals surface area contributed by atoms with Gasteiger partial charge < -0.3 is 4.74 Å². The van der Waals surface area contributed by atoms with Crippen molar-refractivity contribution in [3.8, 4) is 0 Å². The largest absolute Gasteiger partial charge is 0.460 e. The van der Waals surface area contributed by atoms with Crippen molar-refractivity contribution in [1.29, 1.82) is 0 Å². The normalized spacial score (nSPS) is 13.4. The van der Waals surface area contributed by atoms with Gasteiger partial charge in [-0.1, -0.05) is 12.1 Å². The van der Waals surface area contributed by atoms with E-state index in [1.807, 2.05) is 0 Å². The van der Waals surface area contributed by atoms with Crippen LogP contribution in [0.15, 0.2) is 24.3 Å². The van der Waals surface area contributed by atoms with Gasteiger partial charge in [0.25, 0.3) is 17.6 Å². The molecule has 1 aromatic carbocycles. The van der Waals surface area contributed by atoms with Gasteiger partial charge in [0.15, 0.2) is 0 Å². The highest BCUT2D eigenvalue weighted by molar-refractivity contribution is 6.36. The maximum absolute atomic E-state index is 11.9. The number of ether oxygens (including phenoxy) is 1. The lowest BCUT2D eigenvalue weighted by atomic mass is 10.1. The molecule has 0 radical (unpaired) electrons. The maximum atomic E-state index is 11.9. The number of hydrogen-bond donors (Lipinski definition) is 0. The van der Waals surface area contributed by atoms with Gasteiger partial charge in [-0.3, -0.25) is 19.3 Å². The Morgan fingerprint density at radius 3 is 2.11 bits per heavy atom. The molecule has 6 heteroatoms. The second-order valence-electron chi connectivity index (χ2n) is 3.89. The van der Waals surface area contributed by atoms with Crippen LogP contribution in [0.2, 0.25) is 0 Å². The molecule has 6 nitrogen and oxygen atoms in total. The summed E-state index contributed by atoms with van der Waals surface area (Å²) in [6, 6.07) is 6.26. The molecule has 0 unspecified atom stereocenters. The Hall–Kier alpha value is -2.50. The lowest BCUT2D eigenvalue weighted by Gasteiger charge is -2.11. The molecule has 2 amide bonds. The van der Waals surface area contributed by atoms with E-state index in [1.165, 1.54) is 12.1 Å². The number of benzene rings is 1. The van der Waals surface area contributed by atoms with Crippen LogP contribution in [0.3, 0.4) is 0 Å². The number of hydrogen-bond acceptors (Lipinski definition) is 5. The zero-order chi connectivity index (χ0) is 14.0. The Balaban J connectivity index is 2.17. The fourth-order valence-electron chi connectivity index (χ4n) is 1.80. The predicted octanol–water partition coefficient (Wildman–Crippen LogP) is 0.415. The van der Waals surface area contributed by atoms with Crippen LogP contribution in [-0.4, -0.2) is 41.6 Å². The van der Waals surface area contributed by atoms with Crippen molar-refractivity contribution in [3.63, 3.8) is 0 Å². The van der Waals surface area contributed by atoms with Gasteiger partial charge in [-0.25, -0.2) is 4.79 Å². The average molecular weight is 261 g/mol. The van der Waals surface area contributed by atoms with E-state index in [1.54, 1.807) is 19.1 Å². The Morgan fingerprint density at radius 2 is 1.63 bits per heavy atom. The molecule has 0 atom stereocenters. The molecule has 0 saturated heterocycles. The van der Waals surface area contributed by atoms with Gasteiger partial charge in [0.05, 0.1) is 24.3 Å². The number of amides is 2. The van der Waals surface area contributed by atoms with Crippen molar-refractivity contribution in [2.24, 2.45) is 0 Å². The summed E-state index contributed by atoms with van der Waals surface area (Å²) in [5, 5.41) is 0. The van der Waals surface area contributed by atoms with E-state index in [2.05, 4.69) is 4.74 Å². The van der Waals surface area contributed by atoms with E-state index in [0.29, 0.717) is 0 Å². The minimum Gasteiger partial charge on any atom is -0.460 e. The number of carbonyl (C=O) groups is 4. The Kier molecular flexibility index (Phi) is 3.41. The highest BCUT2D eigenvalue weighted by Crippen LogP contribution is 2.21. The van der Waals surface area contributed by atoms with Crippen LogP contribution in [0, 0.1) is 0 Å². The molecule has 0 bridgehead atoms. The SMILES string of the molecule is CCOC(=O)C(=O)CN1C(=O)c2ccccc2C1=O. The third-order valence-electron chi connectivity index (χ3n) is 2.68. The molecule has 2 rings (SSSR count). The summed E-state index contributed by atoms with van der Waals surface area (Å²) in [5.74, 6) is -3.10. The van der Waals surface area contributed by atoms with E-state index in [9.17, 15) is 19.2 Å². The van der Waals surface area contributed by atoms with Crippen LogP contribution >= 0.6 is 0 Å². The number of rotatable bonds is 4. The standard InChI is InChI=1S/C13H11NO5/c1-2-19-13(18)10(15)7-14-11(16)8-5-3-4-6-9(8)12(14)17/h3-6H,2,7H2,1H3. The molecule has 0 saturated carbocycles. The highest BCUT2D eigenvalue weighted by Gasteiger charge is 2.37. The first-order valence-electron chi connectivity index (χ1n) is 5.71. The molecule has 1 aromatic rings. The summed E-state index contributed by atoms with van der Waals surface area (Å²) in [7, 11) is 0. The molecule has 1 heterocycles. The van der Waals surface area contributed by atoms with Gasteiger partial charge in [-0.05, 0) is 19.1 Å². The van der Waals surface area contributed by atoms with Crippen LogP contribution in [0.25, 0.3) is 0 Å². The summed E-state index contributed by atoms with van der Waals surface area (Å²) >= 11 is 0. The molecule has 0 aromatic heterocycles. The van der Waals surface area contributed by atoms with Gasteiger partial charge in [0.2, 0.25) is 0 Å². The number of nitrogens with zero attached hydrogens (tertiary/aromatic N) is 1. The first-order chi connectivity index (χ1) is 9.06. The van der Waals surface area contributed by atoms with Gasteiger partial charge in [0, 0.05) is 0 Å². The molecule has 0 fully saturated rings. The number of imide groups is 1. The van der Waals surface area contributed by atoms with Crippen molar-refractivity contribution in [1.82, 2.24) is 4.90 Å². The number of fused-ring (bicyclic) bond motifs is 1. The minimum absolute atomic E-state index is 0.0622. The van der Waals surface area contributed by atoms with E-state index in [-0.39, 0.29) is 17.7 Å². The summed E-state index contributed by atoms with van der Waals surface area (Å²) in [5.41, 5.74) is 0.480. The van der Waals surface area contributed by atoms with E-state index < -0.39 is 30.1 Å². The number of Topliss-reactive ketones (excluding diaryl/α,β-unsaturated/α-hetero) is 1. The van der Waals surface area contributed by atoms with Crippen molar-refractivity contribution in [2.45, 2.75) is 6.92 Å². The van der Waals surface area contributed by atoms with Crippen LogP contribution < -0.4 is 0 Å². The zero-order valence-electron chi connectivity index (χ0n) is 10.2. The molecule has 0 spiro atoms. The predicted molar refractivity (Wildman–Crippen MR) is 63.4 cm³/mol. The van der Waals surface area contributed by atoms with Crippen molar-refractivity contribution >= 4 is 23.6 Å². The van der Waals surface area contributed by atoms with E-state index in [0.717, 1.165) is 4.90 Å². The van der Waals surface area contributed by atoms with Crippen molar-refractivity contribution < 1.29 is 23.9 Å². The summed E-state index contributed by atoms with van der Waals surface area (Å²) in [4.78, 5) is 47.3. The van der Waals surface area contributed by atoms with Crippen LogP contribution in [0.4, 0.5) is 0 Å². The smallest absolute Gasteiger partial charge is 0.376 e. The number of esters is 1. The Labute approximate surface area is 108 Å². The molecule has 1 aliphatic heterocycles. The molecule has 0 N–H and O–H groups in total. The number of carbonyl (C=O) groups excluding carboxylic acids is 4. The van der Waals surface area contributed by atoms with E-state index >= 15 is 0 Å². The molecule has 98 valence electrons. The lowest BCUT2D eigenvalue weighted by molar-refractivity contribution is -0.153. The molecule has 1 aliphatic rings. The fraction of sp³-hybridized carbons (Fsp3) is 0.231. The van der Waals surface area contributed by atoms with Crippen LogP contribution in [0.5, 0.6) is 0 Å². The topological polar surface area (TPSA) is 80.8 Å². The maximum Gasteiger partial charge on any atom is 0.376 e. The first kappa shape index (κ1) is 12.9. The van der Waals surface area contributed by atoms with Crippen LogP contribution in [-0.2, 0) is 14.3 Å². The summed E-state index contributed by atoms with van der Waals surface area (Å²) in [6.07, 6.45) is 0. The summed E-state index contributed by atoms with van der Waals surface area (Å²) in [6.45, 7) is 1.03. The lowest BCUT2D eigenvalue weighted by Crippen LogP contribution is -2.38. The molecular weight excluding hydrogens is 250 g/mol.